The van der Waals surface area contributed by atoms with Crippen LogP contribution in [0.3, 0.4) is 0 Å². The number of rotatable bonds is 8. The van der Waals surface area contributed by atoms with E-state index in [4.69, 9.17) is 15.6 Å². The van der Waals surface area contributed by atoms with E-state index < -0.39 is 6.09 Å². The van der Waals surface area contributed by atoms with Gasteiger partial charge >= 0.3 is 6.09 Å². The van der Waals surface area contributed by atoms with E-state index >= 15 is 0 Å². The maximum absolute atomic E-state index is 11.1. The van der Waals surface area contributed by atoms with Crippen molar-refractivity contribution in [3.05, 3.63) is 65.7 Å². The van der Waals surface area contributed by atoms with Crippen LogP contribution in [-0.4, -0.2) is 23.8 Å². The molecule has 2 aromatic carbocycles. The van der Waals surface area contributed by atoms with E-state index in [-0.39, 0.29) is 11.6 Å². The number of para-hydroxylation sites is 1. The van der Waals surface area contributed by atoms with Crippen LogP contribution in [0.25, 0.3) is 0 Å². The standard InChI is InChI=1S/C20H24N2O3/c21-20(11-12-20)17-8-4-5-9-18(17)25-13-10-16(22-19(23)24)14-15-6-2-1-3-7-15/h1-9,16,22H,10-14,21H2,(H,23,24). The van der Waals surface area contributed by atoms with Crippen molar-refractivity contribution in [2.24, 2.45) is 5.73 Å². The molecule has 1 atom stereocenters. The molecule has 1 fully saturated rings. The number of hydrogen-bond donors (Lipinski definition) is 3. The molecule has 5 nitrogen and oxygen atoms in total. The molecule has 132 valence electrons. The zero-order valence-corrected chi connectivity index (χ0v) is 14.2. The summed E-state index contributed by atoms with van der Waals surface area (Å²) in [7, 11) is 0. The van der Waals surface area contributed by atoms with Crippen LogP contribution in [0.1, 0.15) is 30.4 Å². The van der Waals surface area contributed by atoms with Gasteiger partial charge in [0.1, 0.15) is 5.75 Å². The third-order valence-corrected chi connectivity index (χ3v) is 4.59. The van der Waals surface area contributed by atoms with Crippen LogP contribution in [0.15, 0.2) is 54.6 Å². The largest absolute Gasteiger partial charge is 0.493 e. The van der Waals surface area contributed by atoms with E-state index in [2.05, 4.69) is 5.32 Å². The number of nitrogens with one attached hydrogen (secondary N) is 1. The first-order chi connectivity index (χ1) is 12.1. The molecule has 1 aliphatic carbocycles. The Labute approximate surface area is 147 Å². The highest BCUT2D eigenvalue weighted by Crippen LogP contribution is 2.46. The van der Waals surface area contributed by atoms with E-state index in [0.717, 1.165) is 29.7 Å². The quantitative estimate of drug-likeness (QED) is 0.688. The molecule has 1 unspecified atom stereocenters. The maximum atomic E-state index is 11.1. The first-order valence-corrected chi connectivity index (χ1v) is 8.61. The molecule has 0 aliphatic heterocycles. The topological polar surface area (TPSA) is 84.6 Å². The van der Waals surface area contributed by atoms with Gasteiger partial charge in [0.2, 0.25) is 0 Å². The first-order valence-electron chi connectivity index (χ1n) is 8.61. The van der Waals surface area contributed by atoms with E-state index in [1.54, 1.807) is 0 Å². The van der Waals surface area contributed by atoms with Gasteiger partial charge in [0.25, 0.3) is 0 Å². The van der Waals surface area contributed by atoms with Crippen molar-refractivity contribution < 1.29 is 14.6 Å². The lowest BCUT2D eigenvalue weighted by Crippen LogP contribution is -2.36. The SMILES string of the molecule is NC1(c2ccccc2OCCC(Cc2ccccc2)NC(=O)O)CC1. The summed E-state index contributed by atoms with van der Waals surface area (Å²) in [5.41, 5.74) is 8.19. The lowest BCUT2D eigenvalue weighted by Gasteiger charge is -2.19. The van der Waals surface area contributed by atoms with E-state index in [1.807, 2.05) is 54.6 Å². The number of carbonyl (C=O) groups is 1. The van der Waals surface area contributed by atoms with Gasteiger partial charge < -0.3 is 20.9 Å². The molecule has 5 heteroatoms. The molecule has 2 aromatic rings. The second-order valence-corrected chi connectivity index (χ2v) is 6.63. The fourth-order valence-electron chi connectivity index (χ4n) is 3.02. The van der Waals surface area contributed by atoms with Gasteiger partial charge in [0.05, 0.1) is 6.61 Å². The molecule has 4 N–H and O–H groups in total. The van der Waals surface area contributed by atoms with Gasteiger partial charge in [-0.1, -0.05) is 48.5 Å². The van der Waals surface area contributed by atoms with Crippen molar-refractivity contribution in [3.8, 4) is 5.75 Å². The Morgan fingerprint density at radius 2 is 1.84 bits per heavy atom. The second-order valence-electron chi connectivity index (χ2n) is 6.63. The molecular formula is C20H24N2O3. The molecule has 0 radical (unpaired) electrons. The monoisotopic (exact) mass is 340 g/mol. The number of ether oxygens (including phenoxy) is 1. The predicted molar refractivity (Wildman–Crippen MR) is 96.7 cm³/mol. The Morgan fingerprint density at radius 1 is 1.16 bits per heavy atom. The van der Waals surface area contributed by atoms with Gasteiger partial charge in [0, 0.05) is 23.6 Å². The summed E-state index contributed by atoms with van der Waals surface area (Å²) >= 11 is 0. The fourth-order valence-corrected chi connectivity index (χ4v) is 3.02. The normalized spacial score (nSPS) is 16.0. The Bertz CT molecular complexity index is 714. The molecule has 3 rings (SSSR count). The molecule has 0 spiro atoms. The van der Waals surface area contributed by atoms with Crippen LogP contribution in [-0.2, 0) is 12.0 Å². The summed E-state index contributed by atoms with van der Waals surface area (Å²) in [6.45, 7) is 0.435. The second kappa shape index (κ2) is 7.57. The van der Waals surface area contributed by atoms with E-state index in [1.165, 1.54) is 0 Å². The Kier molecular flexibility index (Phi) is 5.24. The van der Waals surface area contributed by atoms with Crippen molar-refractivity contribution in [2.45, 2.75) is 37.3 Å². The molecule has 0 aromatic heterocycles. The summed E-state index contributed by atoms with van der Waals surface area (Å²) in [5, 5.41) is 11.7. The minimum atomic E-state index is -1.01. The summed E-state index contributed by atoms with van der Waals surface area (Å²) in [6.07, 6.45) is 2.17. The molecule has 1 saturated carbocycles. The highest BCUT2D eigenvalue weighted by atomic mass is 16.5. The zero-order valence-electron chi connectivity index (χ0n) is 14.2. The summed E-state index contributed by atoms with van der Waals surface area (Å²) in [4.78, 5) is 11.1. The van der Waals surface area contributed by atoms with Gasteiger partial charge in [-0.2, -0.15) is 0 Å². The summed E-state index contributed by atoms with van der Waals surface area (Å²) in [5.74, 6) is 0.802. The van der Waals surface area contributed by atoms with Crippen LogP contribution in [0.5, 0.6) is 5.75 Å². The van der Waals surface area contributed by atoms with Crippen LogP contribution < -0.4 is 15.8 Å². The molecule has 0 bridgehead atoms. The van der Waals surface area contributed by atoms with Crippen molar-refractivity contribution >= 4 is 6.09 Å². The smallest absolute Gasteiger partial charge is 0.404 e. The number of carboxylic acid groups (broad SMARTS) is 1. The maximum Gasteiger partial charge on any atom is 0.404 e. The van der Waals surface area contributed by atoms with Crippen molar-refractivity contribution in [1.29, 1.82) is 0 Å². The van der Waals surface area contributed by atoms with Gasteiger partial charge in [-0.3, -0.25) is 0 Å². The molecular weight excluding hydrogens is 316 g/mol. The number of nitrogens with two attached hydrogens (primary N) is 1. The van der Waals surface area contributed by atoms with Gasteiger partial charge in [0.15, 0.2) is 0 Å². The molecule has 1 amide bonds. The molecule has 25 heavy (non-hydrogen) atoms. The highest BCUT2D eigenvalue weighted by Gasteiger charge is 2.42. The first kappa shape index (κ1) is 17.3. The lowest BCUT2D eigenvalue weighted by atomic mass is 10.0. The van der Waals surface area contributed by atoms with Crippen molar-refractivity contribution in [3.63, 3.8) is 0 Å². The van der Waals surface area contributed by atoms with Crippen molar-refractivity contribution in [1.82, 2.24) is 5.32 Å². The van der Waals surface area contributed by atoms with Crippen LogP contribution in [0, 0.1) is 0 Å². The van der Waals surface area contributed by atoms with Gasteiger partial charge in [-0.25, -0.2) is 4.79 Å². The average Bonchev–Trinajstić information content (AvgIpc) is 3.34. The third kappa shape index (κ3) is 4.73. The predicted octanol–water partition coefficient (Wildman–Crippen LogP) is 3.28. The molecule has 1 aliphatic rings. The average molecular weight is 340 g/mol. The number of benzene rings is 2. The Hall–Kier alpha value is -2.53. The number of hydrogen-bond acceptors (Lipinski definition) is 3. The van der Waals surface area contributed by atoms with E-state index in [0.29, 0.717) is 19.4 Å². The van der Waals surface area contributed by atoms with Crippen LogP contribution in [0.4, 0.5) is 4.79 Å². The van der Waals surface area contributed by atoms with Crippen LogP contribution in [0.2, 0.25) is 0 Å². The Balaban J connectivity index is 1.59. The third-order valence-electron chi connectivity index (χ3n) is 4.59. The summed E-state index contributed by atoms with van der Waals surface area (Å²) in [6, 6.07) is 17.5. The lowest BCUT2D eigenvalue weighted by molar-refractivity contribution is 0.186. The van der Waals surface area contributed by atoms with Crippen molar-refractivity contribution in [2.75, 3.05) is 6.61 Å². The summed E-state index contributed by atoms with van der Waals surface area (Å²) < 4.78 is 5.94. The zero-order chi connectivity index (χ0) is 17.7. The minimum absolute atomic E-state index is 0.195. The Morgan fingerprint density at radius 3 is 2.52 bits per heavy atom. The highest BCUT2D eigenvalue weighted by molar-refractivity contribution is 5.64. The van der Waals surface area contributed by atoms with E-state index in [9.17, 15) is 4.79 Å². The minimum Gasteiger partial charge on any atom is -0.493 e. The molecule has 0 saturated heterocycles. The number of amides is 1. The van der Waals surface area contributed by atoms with Crippen LogP contribution >= 0.6 is 0 Å². The van der Waals surface area contributed by atoms with Gasteiger partial charge in [-0.15, -0.1) is 0 Å². The fraction of sp³-hybridized carbons (Fsp3) is 0.350. The molecule has 0 heterocycles. The van der Waals surface area contributed by atoms with Gasteiger partial charge in [-0.05, 0) is 30.9 Å².